The first-order valence-electron chi connectivity index (χ1n) is 4.85. The van der Waals surface area contributed by atoms with Gasteiger partial charge in [0.25, 0.3) is 5.91 Å². The number of rotatable bonds is 4. The smallest absolute Gasteiger partial charge is 0.268 e. The second-order valence-electron chi connectivity index (χ2n) is 3.39. The first-order valence-corrected chi connectivity index (χ1v) is 5.23. The Kier molecular flexibility index (Phi) is 4.17. The summed E-state index contributed by atoms with van der Waals surface area (Å²) in [4.78, 5) is 11.7. The van der Waals surface area contributed by atoms with Crippen molar-refractivity contribution in [1.29, 1.82) is 0 Å². The molecule has 4 nitrogen and oxygen atoms in total. The van der Waals surface area contributed by atoms with Gasteiger partial charge in [-0.2, -0.15) is 0 Å². The predicted molar refractivity (Wildman–Crippen MR) is 59.1 cm³/mol. The van der Waals surface area contributed by atoms with Crippen LogP contribution in [0.5, 0.6) is 0 Å². The average molecular weight is 231 g/mol. The molecule has 2 N–H and O–H groups in total. The number of carbonyl (C=O) groups is 1. The second kappa shape index (κ2) is 5.19. The zero-order valence-corrected chi connectivity index (χ0v) is 9.58. The van der Waals surface area contributed by atoms with Crippen molar-refractivity contribution in [1.82, 2.24) is 9.88 Å². The van der Waals surface area contributed by atoms with Crippen LogP contribution >= 0.6 is 11.6 Å². The standard InChI is InChI=1S/C10H15ClN2O2/c1-3-13-5-8(11)4-9(13)10(15)12-7(2)6-14/h4-5,7,14H,3,6H2,1-2H3,(H,12,15)/t7-/m1/s1. The van der Waals surface area contributed by atoms with Gasteiger partial charge in [0.2, 0.25) is 0 Å². The lowest BCUT2D eigenvalue weighted by Gasteiger charge is -2.11. The van der Waals surface area contributed by atoms with Crippen LogP contribution in [0.4, 0.5) is 0 Å². The summed E-state index contributed by atoms with van der Waals surface area (Å²) >= 11 is 5.81. The number of halogens is 1. The van der Waals surface area contributed by atoms with Crippen molar-refractivity contribution in [3.63, 3.8) is 0 Å². The van der Waals surface area contributed by atoms with Gasteiger partial charge in [-0.05, 0) is 19.9 Å². The van der Waals surface area contributed by atoms with Gasteiger partial charge < -0.3 is 15.0 Å². The number of hydrogen-bond donors (Lipinski definition) is 2. The van der Waals surface area contributed by atoms with E-state index in [0.717, 1.165) is 0 Å². The molecule has 0 fully saturated rings. The van der Waals surface area contributed by atoms with E-state index in [1.807, 2.05) is 6.92 Å². The van der Waals surface area contributed by atoms with Crippen molar-refractivity contribution in [3.05, 3.63) is 23.0 Å². The van der Waals surface area contributed by atoms with Gasteiger partial charge in [-0.1, -0.05) is 11.6 Å². The topological polar surface area (TPSA) is 54.3 Å². The van der Waals surface area contributed by atoms with Gasteiger partial charge in [-0.25, -0.2) is 0 Å². The van der Waals surface area contributed by atoms with E-state index >= 15 is 0 Å². The molecule has 0 radical (unpaired) electrons. The number of aliphatic hydroxyl groups is 1. The third-order valence-corrected chi connectivity index (χ3v) is 2.29. The molecule has 0 bridgehead atoms. The van der Waals surface area contributed by atoms with Crippen LogP contribution < -0.4 is 5.32 Å². The molecule has 5 heteroatoms. The van der Waals surface area contributed by atoms with E-state index in [1.54, 1.807) is 23.8 Å². The number of aromatic nitrogens is 1. The van der Waals surface area contributed by atoms with Crippen LogP contribution in [0.3, 0.4) is 0 Å². The molecule has 0 saturated carbocycles. The molecule has 1 aromatic heterocycles. The lowest BCUT2D eigenvalue weighted by molar-refractivity contribution is 0.0913. The third kappa shape index (κ3) is 2.97. The molecule has 0 aromatic carbocycles. The SMILES string of the molecule is CCn1cc(Cl)cc1C(=O)N[C@H](C)CO. The highest BCUT2D eigenvalue weighted by molar-refractivity contribution is 6.31. The maximum atomic E-state index is 11.7. The van der Waals surface area contributed by atoms with E-state index < -0.39 is 0 Å². The Balaban J connectivity index is 2.81. The number of hydrogen-bond acceptors (Lipinski definition) is 2. The van der Waals surface area contributed by atoms with Crippen LogP contribution in [0.2, 0.25) is 5.02 Å². The van der Waals surface area contributed by atoms with Gasteiger partial charge in [-0.15, -0.1) is 0 Å². The summed E-state index contributed by atoms with van der Waals surface area (Å²) in [5.41, 5.74) is 0.516. The molecule has 1 rings (SSSR count). The van der Waals surface area contributed by atoms with E-state index in [9.17, 15) is 4.79 Å². The summed E-state index contributed by atoms with van der Waals surface area (Å²) in [6, 6.07) is 1.36. The summed E-state index contributed by atoms with van der Waals surface area (Å²) in [5, 5.41) is 12.0. The Morgan fingerprint density at radius 3 is 2.93 bits per heavy atom. The fraction of sp³-hybridized carbons (Fsp3) is 0.500. The Morgan fingerprint density at radius 2 is 2.40 bits per heavy atom. The molecule has 1 amide bonds. The monoisotopic (exact) mass is 230 g/mol. The fourth-order valence-electron chi connectivity index (χ4n) is 1.27. The van der Waals surface area contributed by atoms with Crippen LogP contribution in [0.15, 0.2) is 12.3 Å². The minimum atomic E-state index is -0.253. The lowest BCUT2D eigenvalue weighted by atomic mass is 10.3. The number of aliphatic hydroxyl groups excluding tert-OH is 1. The van der Waals surface area contributed by atoms with E-state index in [0.29, 0.717) is 17.3 Å². The largest absolute Gasteiger partial charge is 0.394 e. The molecule has 0 aliphatic rings. The molecular weight excluding hydrogens is 216 g/mol. The lowest BCUT2D eigenvalue weighted by Crippen LogP contribution is -2.36. The maximum Gasteiger partial charge on any atom is 0.268 e. The zero-order valence-electron chi connectivity index (χ0n) is 8.83. The number of aryl methyl sites for hydroxylation is 1. The van der Waals surface area contributed by atoms with Gasteiger partial charge in [-0.3, -0.25) is 4.79 Å². The van der Waals surface area contributed by atoms with Gasteiger partial charge in [0.05, 0.1) is 11.6 Å². The van der Waals surface area contributed by atoms with Gasteiger partial charge in [0.15, 0.2) is 0 Å². The first-order chi connectivity index (χ1) is 7.08. The average Bonchev–Trinajstić information content (AvgIpc) is 2.59. The summed E-state index contributed by atoms with van der Waals surface area (Å²) < 4.78 is 1.77. The van der Waals surface area contributed by atoms with Gasteiger partial charge >= 0.3 is 0 Å². The van der Waals surface area contributed by atoms with Crippen LogP contribution in [0, 0.1) is 0 Å². The molecule has 0 aliphatic carbocycles. The third-order valence-electron chi connectivity index (χ3n) is 2.09. The van der Waals surface area contributed by atoms with E-state index in [4.69, 9.17) is 16.7 Å². The van der Waals surface area contributed by atoms with Crippen LogP contribution in [-0.4, -0.2) is 28.2 Å². The molecule has 1 heterocycles. The molecule has 0 saturated heterocycles. The molecule has 1 aromatic rings. The fourth-order valence-corrected chi connectivity index (χ4v) is 1.49. The normalized spacial score (nSPS) is 12.5. The Morgan fingerprint density at radius 1 is 1.73 bits per heavy atom. The van der Waals surface area contributed by atoms with Crippen molar-refractivity contribution in [2.75, 3.05) is 6.61 Å². The van der Waals surface area contributed by atoms with Gasteiger partial charge in [0, 0.05) is 18.8 Å². The number of carbonyl (C=O) groups excluding carboxylic acids is 1. The number of nitrogens with one attached hydrogen (secondary N) is 1. The Labute approximate surface area is 93.8 Å². The van der Waals surface area contributed by atoms with Crippen molar-refractivity contribution >= 4 is 17.5 Å². The molecular formula is C10H15ClN2O2. The zero-order chi connectivity index (χ0) is 11.4. The van der Waals surface area contributed by atoms with E-state index in [-0.39, 0.29) is 18.6 Å². The van der Waals surface area contributed by atoms with Gasteiger partial charge in [0.1, 0.15) is 5.69 Å². The van der Waals surface area contributed by atoms with Crippen molar-refractivity contribution in [2.45, 2.75) is 26.4 Å². The van der Waals surface area contributed by atoms with Crippen LogP contribution in [-0.2, 0) is 6.54 Å². The molecule has 84 valence electrons. The molecule has 1 atom stereocenters. The quantitative estimate of drug-likeness (QED) is 0.819. The van der Waals surface area contributed by atoms with E-state index in [2.05, 4.69) is 5.32 Å². The van der Waals surface area contributed by atoms with Crippen LogP contribution in [0.25, 0.3) is 0 Å². The highest BCUT2D eigenvalue weighted by atomic mass is 35.5. The summed E-state index contributed by atoms with van der Waals surface area (Å²) in [5.74, 6) is -0.217. The van der Waals surface area contributed by atoms with Crippen molar-refractivity contribution in [2.24, 2.45) is 0 Å². The second-order valence-corrected chi connectivity index (χ2v) is 3.82. The number of amides is 1. The van der Waals surface area contributed by atoms with Crippen molar-refractivity contribution in [3.8, 4) is 0 Å². The molecule has 0 aliphatic heterocycles. The molecule has 0 unspecified atom stereocenters. The summed E-state index contributed by atoms with van der Waals surface area (Å²) in [7, 11) is 0. The predicted octanol–water partition coefficient (Wildman–Crippen LogP) is 1.27. The maximum absolute atomic E-state index is 11.7. The van der Waals surface area contributed by atoms with Crippen LogP contribution in [0.1, 0.15) is 24.3 Å². The highest BCUT2D eigenvalue weighted by Gasteiger charge is 2.13. The summed E-state index contributed by atoms with van der Waals surface area (Å²) in [6.45, 7) is 4.27. The molecule has 0 spiro atoms. The highest BCUT2D eigenvalue weighted by Crippen LogP contribution is 2.14. The van der Waals surface area contributed by atoms with Crippen molar-refractivity contribution < 1.29 is 9.90 Å². The Bertz CT molecular complexity index is 349. The molecule has 15 heavy (non-hydrogen) atoms. The Hall–Kier alpha value is -1.00. The first kappa shape index (κ1) is 12.1. The van der Waals surface area contributed by atoms with E-state index in [1.165, 1.54) is 0 Å². The minimum absolute atomic E-state index is 0.0771. The minimum Gasteiger partial charge on any atom is -0.394 e. The summed E-state index contributed by atoms with van der Waals surface area (Å²) in [6.07, 6.45) is 1.71. The number of nitrogens with zero attached hydrogens (tertiary/aromatic N) is 1.